The van der Waals surface area contributed by atoms with Gasteiger partial charge in [-0.2, -0.15) is 0 Å². The molecular weight excluding hydrogens is 396 g/mol. The zero-order valence-electron chi connectivity index (χ0n) is 14.1. The monoisotopic (exact) mass is 412 g/mol. The van der Waals surface area contributed by atoms with Crippen molar-refractivity contribution in [2.75, 3.05) is 6.61 Å². The third-order valence-electron chi connectivity index (χ3n) is 4.73. The Balaban J connectivity index is 1.57. The summed E-state index contributed by atoms with van der Waals surface area (Å²) in [7, 11) is 0. The number of Topliss-reactive ketones (excluding diaryl/α,β-unsaturated/α-hetero) is 1. The van der Waals surface area contributed by atoms with E-state index in [-0.39, 0.29) is 18.0 Å². The van der Waals surface area contributed by atoms with Crippen molar-refractivity contribution >= 4 is 32.7 Å². The number of halogens is 1. The molecule has 0 radical (unpaired) electrons. The van der Waals surface area contributed by atoms with Crippen molar-refractivity contribution in [2.24, 2.45) is 0 Å². The Bertz CT molecular complexity index is 1030. The summed E-state index contributed by atoms with van der Waals surface area (Å²) in [6, 6.07) is 12.6. The summed E-state index contributed by atoms with van der Waals surface area (Å²) in [6.07, 6.45) is 3.81. The summed E-state index contributed by atoms with van der Waals surface area (Å²) in [6.45, 7) is -0.0672. The number of carbonyl (C=O) groups excluding carboxylic acids is 1. The van der Waals surface area contributed by atoms with Gasteiger partial charge in [-0.25, -0.2) is 4.79 Å². The summed E-state index contributed by atoms with van der Waals surface area (Å²) < 4.78 is 12.0. The molecule has 1 aromatic heterocycles. The fourth-order valence-electron chi connectivity index (χ4n) is 3.38. The second-order valence-electron chi connectivity index (χ2n) is 6.43. The molecular formula is C21H17BrO4. The first-order valence-electron chi connectivity index (χ1n) is 8.62. The SMILES string of the molecule is O=C(COc1ccc2c3c(c(=O)oc2c1)CCCC3)c1ccc(Br)cc1. The molecule has 0 aliphatic heterocycles. The van der Waals surface area contributed by atoms with Crippen LogP contribution < -0.4 is 10.4 Å². The molecule has 4 nitrogen and oxygen atoms in total. The van der Waals surface area contributed by atoms with Gasteiger partial charge >= 0.3 is 5.63 Å². The second kappa shape index (κ2) is 7.08. The Morgan fingerprint density at radius 3 is 2.54 bits per heavy atom. The highest BCUT2D eigenvalue weighted by molar-refractivity contribution is 9.10. The molecule has 1 aliphatic rings. The van der Waals surface area contributed by atoms with Crippen LogP contribution in [-0.2, 0) is 12.8 Å². The minimum absolute atomic E-state index is 0.0672. The van der Waals surface area contributed by atoms with Gasteiger partial charge in [0, 0.05) is 27.1 Å². The first-order valence-corrected chi connectivity index (χ1v) is 9.41. The fourth-order valence-corrected chi connectivity index (χ4v) is 3.65. The van der Waals surface area contributed by atoms with Gasteiger partial charge in [-0.15, -0.1) is 0 Å². The number of aryl methyl sites for hydroxylation is 1. The van der Waals surface area contributed by atoms with Gasteiger partial charge in [0.05, 0.1) is 0 Å². The predicted octanol–water partition coefficient (Wildman–Crippen LogP) is 4.70. The molecule has 132 valence electrons. The third kappa shape index (κ3) is 3.31. The van der Waals surface area contributed by atoms with Gasteiger partial charge in [0.25, 0.3) is 0 Å². The number of carbonyl (C=O) groups is 1. The summed E-state index contributed by atoms with van der Waals surface area (Å²) in [4.78, 5) is 24.4. The quantitative estimate of drug-likeness (QED) is 0.460. The Morgan fingerprint density at radius 2 is 1.77 bits per heavy atom. The van der Waals surface area contributed by atoms with Gasteiger partial charge in [-0.1, -0.05) is 28.1 Å². The third-order valence-corrected chi connectivity index (χ3v) is 5.26. The molecule has 5 heteroatoms. The van der Waals surface area contributed by atoms with E-state index in [1.807, 2.05) is 24.3 Å². The summed E-state index contributed by atoms with van der Waals surface area (Å²) >= 11 is 3.35. The van der Waals surface area contributed by atoms with E-state index in [0.717, 1.165) is 46.7 Å². The highest BCUT2D eigenvalue weighted by Gasteiger charge is 2.18. The van der Waals surface area contributed by atoms with Crippen molar-refractivity contribution in [3.63, 3.8) is 0 Å². The smallest absolute Gasteiger partial charge is 0.339 e. The van der Waals surface area contributed by atoms with E-state index in [4.69, 9.17) is 9.15 Å². The molecule has 1 aliphatic carbocycles. The second-order valence-corrected chi connectivity index (χ2v) is 7.35. The van der Waals surface area contributed by atoms with Gasteiger partial charge in [0.1, 0.15) is 11.3 Å². The number of hydrogen-bond donors (Lipinski definition) is 0. The lowest BCUT2D eigenvalue weighted by atomic mass is 9.91. The van der Waals surface area contributed by atoms with Crippen molar-refractivity contribution in [2.45, 2.75) is 25.7 Å². The van der Waals surface area contributed by atoms with E-state index in [1.54, 1.807) is 18.2 Å². The molecule has 1 heterocycles. The summed E-state index contributed by atoms with van der Waals surface area (Å²) in [5.74, 6) is 0.409. The van der Waals surface area contributed by atoms with Gasteiger partial charge in [-0.3, -0.25) is 4.79 Å². The van der Waals surface area contributed by atoms with E-state index < -0.39 is 0 Å². The molecule has 2 aromatic carbocycles. The first kappa shape index (κ1) is 17.0. The van der Waals surface area contributed by atoms with Gasteiger partial charge in [0.15, 0.2) is 12.4 Å². The maximum absolute atomic E-state index is 12.2. The van der Waals surface area contributed by atoms with E-state index >= 15 is 0 Å². The van der Waals surface area contributed by atoms with Crippen LogP contribution in [0.2, 0.25) is 0 Å². The first-order chi connectivity index (χ1) is 12.6. The lowest BCUT2D eigenvalue weighted by Crippen LogP contribution is -2.16. The van der Waals surface area contributed by atoms with Crippen molar-refractivity contribution in [3.8, 4) is 5.75 Å². The molecule has 3 aromatic rings. The fraction of sp³-hybridized carbons (Fsp3) is 0.238. The van der Waals surface area contributed by atoms with Crippen LogP contribution >= 0.6 is 15.9 Å². The highest BCUT2D eigenvalue weighted by atomic mass is 79.9. The average Bonchev–Trinajstić information content (AvgIpc) is 2.67. The van der Waals surface area contributed by atoms with E-state index in [0.29, 0.717) is 16.9 Å². The number of hydrogen-bond acceptors (Lipinski definition) is 4. The zero-order valence-corrected chi connectivity index (χ0v) is 15.7. The number of ether oxygens (including phenoxy) is 1. The van der Waals surface area contributed by atoms with E-state index in [9.17, 15) is 9.59 Å². The number of benzene rings is 2. The molecule has 0 unspecified atom stereocenters. The standard InChI is InChI=1S/C21H17BrO4/c22-14-7-5-13(6-8-14)19(23)12-25-15-9-10-17-16-3-1-2-4-18(16)21(24)26-20(17)11-15/h5-11H,1-4,12H2. The molecule has 4 rings (SSSR count). The topological polar surface area (TPSA) is 56.5 Å². The maximum atomic E-state index is 12.2. The van der Waals surface area contributed by atoms with Crippen molar-refractivity contribution < 1.29 is 13.9 Å². The van der Waals surface area contributed by atoms with Crippen LogP contribution in [-0.4, -0.2) is 12.4 Å². The van der Waals surface area contributed by atoms with Gasteiger partial charge in [0.2, 0.25) is 0 Å². The Labute approximate surface area is 158 Å². The molecule has 0 N–H and O–H groups in total. The molecule has 0 bridgehead atoms. The largest absolute Gasteiger partial charge is 0.485 e. The normalized spacial score (nSPS) is 13.4. The van der Waals surface area contributed by atoms with Crippen LogP contribution in [0.3, 0.4) is 0 Å². The number of rotatable bonds is 4. The highest BCUT2D eigenvalue weighted by Crippen LogP contribution is 2.29. The van der Waals surface area contributed by atoms with Crippen LogP contribution in [0.5, 0.6) is 5.75 Å². The lowest BCUT2D eigenvalue weighted by molar-refractivity contribution is 0.0921. The van der Waals surface area contributed by atoms with E-state index in [1.165, 1.54) is 0 Å². The Hall–Kier alpha value is -2.40. The van der Waals surface area contributed by atoms with Crippen LogP contribution in [0.4, 0.5) is 0 Å². The Kier molecular flexibility index (Phi) is 4.64. The average molecular weight is 413 g/mol. The maximum Gasteiger partial charge on any atom is 0.339 e. The lowest BCUT2D eigenvalue weighted by Gasteiger charge is -2.16. The molecule has 26 heavy (non-hydrogen) atoms. The predicted molar refractivity (Wildman–Crippen MR) is 103 cm³/mol. The van der Waals surface area contributed by atoms with E-state index in [2.05, 4.69) is 15.9 Å². The Morgan fingerprint density at radius 1 is 1.04 bits per heavy atom. The van der Waals surface area contributed by atoms with Crippen molar-refractivity contribution in [1.82, 2.24) is 0 Å². The zero-order chi connectivity index (χ0) is 18.1. The molecule has 0 fully saturated rings. The van der Waals surface area contributed by atoms with Crippen molar-refractivity contribution in [3.05, 3.63) is 74.0 Å². The van der Waals surface area contributed by atoms with Gasteiger partial charge < -0.3 is 9.15 Å². The molecule has 0 saturated heterocycles. The van der Waals surface area contributed by atoms with Crippen LogP contribution in [0, 0.1) is 0 Å². The minimum atomic E-state index is -0.254. The molecule has 0 atom stereocenters. The molecule has 0 spiro atoms. The summed E-state index contributed by atoms with van der Waals surface area (Å²) in [5.41, 5.74) is 2.76. The molecule has 0 saturated carbocycles. The number of fused-ring (bicyclic) bond motifs is 3. The minimum Gasteiger partial charge on any atom is -0.485 e. The van der Waals surface area contributed by atoms with Crippen LogP contribution in [0.15, 0.2) is 56.1 Å². The number of ketones is 1. The molecule has 0 amide bonds. The van der Waals surface area contributed by atoms with Crippen molar-refractivity contribution in [1.29, 1.82) is 0 Å². The summed E-state index contributed by atoms with van der Waals surface area (Å²) in [5, 5.41) is 0.964. The van der Waals surface area contributed by atoms with Gasteiger partial charge in [-0.05, 0) is 55.5 Å². The van der Waals surface area contributed by atoms with Crippen LogP contribution in [0.1, 0.15) is 34.3 Å². The van der Waals surface area contributed by atoms with Crippen LogP contribution in [0.25, 0.3) is 11.0 Å².